The maximum Gasteiger partial charge on any atom is 0.416 e. The molecule has 12 heteroatoms. The van der Waals surface area contributed by atoms with Gasteiger partial charge >= 0.3 is 6.18 Å². The zero-order chi connectivity index (χ0) is 23.6. The van der Waals surface area contributed by atoms with Gasteiger partial charge in [0.1, 0.15) is 9.83 Å². The second kappa shape index (κ2) is 9.08. The Morgan fingerprint density at radius 1 is 0.939 bits per heavy atom. The van der Waals surface area contributed by atoms with Crippen molar-refractivity contribution in [2.24, 2.45) is 10.2 Å². The van der Waals surface area contributed by atoms with Crippen LogP contribution in [0.5, 0.6) is 0 Å². The molecule has 168 valence electrons. The van der Waals surface area contributed by atoms with Crippen LogP contribution in [0.25, 0.3) is 9.53 Å². The number of anilines is 2. The van der Waals surface area contributed by atoms with Gasteiger partial charge in [0.2, 0.25) is 5.91 Å². The smallest absolute Gasteiger partial charge is 0.326 e. The minimum atomic E-state index is -4.46. The first-order valence-electron chi connectivity index (χ1n) is 9.36. The minimum Gasteiger partial charge on any atom is -0.326 e. The van der Waals surface area contributed by atoms with E-state index in [-0.39, 0.29) is 11.5 Å². The fourth-order valence-electron chi connectivity index (χ4n) is 2.73. The second-order valence-electron chi connectivity index (χ2n) is 6.73. The Morgan fingerprint density at radius 2 is 1.64 bits per heavy atom. The van der Waals surface area contributed by atoms with Crippen LogP contribution in [-0.4, -0.2) is 16.8 Å². The molecule has 0 radical (unpaired) electrons. The number of hydrogen-bond acceptors (Lipinski definition) is 7. The first kappa shape index (κ1) is 22.6. The largest absolute Gasteiger partial charge is 0.416 e. The number of hydrogen-bond donors (Lipinski definition) is 2. The highest BCUT2D eigenvalue weighted by atomic mass is 32.1. The summed E-state index contributed by atoms with van der Waals surface area (Å²) in [6.07, 6.45) is -4.46. The van der Waals surface area contributed by atoms with Crippen LogP contribution >= 0.6 is 22.7 Å². The molecule has 0 atom stereocenters. The topological polar surface area (TPSA) is 95.8 Å². The van der Waals surface area contributed by atoms with Gasteiger partial charge in [0, 0.05) is 18.2 Å². The average molecular weight is 490 g/mol. The van der Waals surface area contributed by atoms with Crippen LogP contribution < -0.4 is 10.6 Å². The molecule has 4 aromatic rings. The third-order valence-corrected chi connectivity index (χ3v) is 6.18. The molecule has 2 aromatic carbocycles. The third kappa shape index (κ3) is 5.59. The molecule has 0 bridgehead atoms. The molecule has 0 spiro atoms. The quantitative estimate of drug-likeness (QED) is 0.295. The zero-order valence-corrected chi connectivity index (χ0v) is 18.4. The molecule has 0 fully saturated rings. The molecule has 4 rings (SSSR count). The van der Waals surface area contributed by atoms with Gasteiger partial charge in [-0.2, -0.15) is 13.2 Å². The molecule has 7 nitrogen and oxygen atoms in total. The van der Waals surface area contributed by atoms with E-state index in [1.54, 1.807) is 30.3 Å². The Balaban J connectivity index is 1.41. The van der Waals surface area contributed by atoms with E-state index in [9.17, 15) is 22.8 Å². The minimum absolute atomic E-state index is 0.0977. The van der Waals surface area contributed by atoms with Crippen LogP contribution in [0.3, 0.4) is 0 Å². The summed E-state index contributed by atoms with van der Waals surface area (Å²) in [5, 5.41) is 14.6. The Labute approximate surface area is 193 Å². The number of halogens is 3. The normalized spacial score (nSPS) is 11.8. The molecule has 0 unspecified atom stereocenters. The Kier molecular flexibility index (Phi) is 6.20. The van der Waals surface area contributed by atoms with Crippen molar-refractivity contribution >= 4 is 65.5 Å². The summed E-state index contributed by atoms with van der Waals surface area (Å²) in [7, 11) is 0. The molecule has 2 amide bonds. The van der Waals surface area contributed by atoms with Gasteiger partial charge in [0.05, 0.1) is 16.0 Å². The predicted octanol–water partition coefficient (Wildman–Crippen LogP) is 7.00. The van der Waals surface area contributed by atoms with E-state index < -0.39 is 17.6 Å². The standard InChI is InChI=1S/C21H14F3N5O2S2/c1-11(30)25-14-6-8-15(9-7-14)28-29-17-10-16-19(33-17)27-20(32-16)26-18(31)12-2-4-13(5-3-12)21(22,23)24/h2-10H,1H3,(H,25,30)(H,26,27,31). The Hall–Kier alpha value is -3.64. The molecule has 33 heavy (non-hydrogen) atoms. The Morgan fingerprint density at radius 3 is 2.24 bits per heavy atom. The van der Waals surface area contributed by atoms with Gasteiger partial charge in [-0.3, -0.25) is 14.9 Å². The van der Waals surface area contributed by atoms with E-state index >= 15 is 0 Å². The molecule has 2 N–H and O–H groups in total. The number of nitrogens with zero attached hydrogens (tertiary/aromatic N) is 3. The van der Waals surface area contributed by atoms with Gasteiger partial charge in [-0.25, -0.2) is 4.98 Å². The van der Waals surface area contributed by atoms with E-state index in [0.717, 1.165) is 29.0 Å². The number of thiophene rings is 1. The fourth-order valence-corrected chi connectivity index (χ4v) is 4.66. The van der Waals surface area contributed by atoms with E-state index in [1.165, 1.54) is 29.6 Å². The molecular formula is C21H14F3N5O2S2. The van der Waals surface area contributed by atoms with Gasteiger partial charge in [0.25, 0.3) is 5.91 Å². The molecule has 0 aliphatic carbocycles. The lowest BCUT2D eigenvalue weighted by molar-refractivity contribution is -0.137. The number of carbonyl (C=O) groups is 2. The van der Waals surface area contributed by atoms with Crippen molar-refractivity contribution in [3.63, 3.8) is 0 Å². The summed E-state index contributed by atoms with van der Waals surface area (Å²) < 4.78 is 38.8. The van der Waals surface area contributed by atoms with Gasteiger partial charge in [-0.1, -0.05) is 22.7 Å². The average Bonchev–Trinajstić information content (AvgIpc) is 3.30. The predicted molar refractivity (Wildman–Crippen MR) is 122 cm³/mol. The summed E-state index contributed by atoms with van der Waals surface area (Å²) in [4.78, 5) is 28.3. The summed E-state index contributed by atoms with van der Waals surface area (Å²) in [6, 6.07) is 12.6. The van der Waals surface area contributed by atoms with Crippen molar-refractivity contribution in [2.45, 2.75) is 13.1 Å². The second-order valence-corrected chi connectivity index (χ2v) is 8.77. The van der Waals surface area contributed by atoms with Gasteiger partial charge < -0.3 is 5.32 Å². The van der Waals surface area contributed by atoms with E-state index in [4.69, 9.17) is 0 Å². The number of benzene rings is 2. The van der Waals surface area contributed by atoms with Crippen molar-refractivity contribution in [2.75, 3.05) is 10.6 Å². The molecule has 2 heterocycles. The highest BCUT2D eigenvalue weighted by Crippen LogP contribution is 2.38. The number of thiazole rings is 1. The molecule has 2 aromatic heterocycles. The van der Waals surface area contributed by atoms with Crippen LogP contribution in [0.15, 0.2) is 64.8 Å². The van der Waals surface area contributed by atoms with Crippen molar-refractivity contribution in [3.8, 4) is 0 Å². The molecule has 0 aliphatic rings. The van der Waals surface area contributed by atoms with Gasteiger partial charge in [-0.15, -0.1) is 10.2 Å². The highest BCUT2D eigenvalue weighted by molar-refractivity contribution is 7.30. The number of azo groups is 1. The van der Waals surface area contributed by atoms with E-state index in [1.807, 2.05) is 0 Å². The van der Waals surface area contributed by atoms with Crippen LogP contribution in [0.1, 0.15) is 22.8 Å². The van der Waals surface area contributed by atoms with Crippen LogP contribution in [0, 0.1) is 0 Å². The maximum absolute atomic E-state index is 12.7. The highest BCUT2D eigenvalue weighted by Gasteiger charge is 2.30. The SMILES string of the molecule is CC(=O)Nc1ccc(N=Nc2cc3sc(NC(=O)c4ccc(C(F)(F)F)cc4)nc3s2)cc1. The zero-order valence-electron chi connectivity index (χ0n) is 16.8. The summed E-state index contributed by atoms with van der Waals surface area (Å²) in [6.45, 7) is 1.43. The fraction of sp³-hybridized carbons (Fsp3) is 0.0952. The van der Waals surface area contributed by atoms with E-state index in [2.05, 4.69) is 25.8 Å². The van der Waals surface area contributed by atoms with E-state index in [0.29, 0.717) is 26.3 Å². The number of nitrogens with one attached hydrogen (secondary N) is 2. The lowest BCUT2D eigenvalue weighted by Gasteiger charge is -2.07. The first-order chi connectivity index (χ1) is 15.7. The van der Waals surface area contributed by atoms with Gasteiger partial charge in [0.15, 0.2) is 5.13 Å². The molecule has 0 aliphatic heterocycles. The molecule has 0 saturated carbocycles. The summed E-state index contributed by atoms with van der Waals surface area (Å²) >= 11 is 2.51. The number of aromatic nitrogens is 1. The van der Waals surface area contributed by atoms with Crippen molar-refractivity contribution in [3.05, 3.63) is 65.7 Å². The molecular weight excluding hydrogens is 475 g/mol. The van der Waals surface area contributed by atoms with Crippen LogP contribution in [-0.2, 0) is 11.0 Å². The Bertz CT molecular complexity index is 1310. The number of carbonyl (C=O) groups excluding carboxylic acids is 2. The number of rotatable bonds is 5. The first-order valence-corrected chi connectivity index (χ1v) is 11.0. The number of fused-ring (bicyclic) bond motifs is 1. The van der Waals surface area contributed by atoms with Crippen molar-refractivity contribution in [1.29, 1.82) is 0 Å². The monoisotopic (exact) mass is 489 g/mol. The number of alkyl halides is 3. The summed E-state index contributed by atoms with van der Waals surface area (Å²) in [5.74, 6) is -0.710. The van der Waals surface area contributed by atoms with Crippen LogP contribution in [0.2, 0.25) is 0 Å². The lowest BCUT2D eigenvalue weighted by atomic mass is 10.1. The lowest BCUT2D eigenvalue weighted by Crippen LogP contribution is -2.12. The maximum atomic E-state index is 12.7. The summed E-state index contributed by atoms with van der Waals surface area (Å²) in [5.41, 5.74) is 0.547. The third-order valence-electron chi connectivity index (χ3n) is 4.22. The van der Waals surface area contributed by atoms with Crippen molar-refractivity contribution in [1.82, 2.24) is 4.98 Å². The van der Waals surface area contributed by atoms with Crippen molar-refractivity contribution < 1.29 is 22.8 Å². The van der Waals surface area contributed by atoms with Gasteiger partial charge in [-0.05, 0) is 54.6 Å². The number of amides is 2. The molecule has 0 saturated heterocycles. The van der Waals surface area contributed by atoms with Crippen LogP contribution in [0.4, 0.5) is 34.7 Å².